The highest BCUT2D eigenvalue weighted by atomic mass is 16.5. The quantitative estimate of drug-likeness (QED) is 0.440. The molecular formula is C22H26N4O5. The second kappa shape index (κ2) is 8.89. The van der Waals surface area contributed by atoms with Gasteiger partial charge in [0.2, 0.25) is 0 Å². The Morgan fingerprint density at radius 1 is 1.19 bits per heavy atom. The van der Waals surface area contributed by atoms with Gasteiger partial charge in [-0.2, -0.15) is 0 Å². The van der Waals surface area contributed by atoms with Gasteiger partial charge in [0, 0.05) is 39.5 Å². The molecule has 0 aromatic carbocycles. The molecule has 1 amide bonds. The molecule has 1 saturated heterocycles. The van der Waals surface area contributed by atoms with Gasteiger partial charge in [-0.1, -0.05) is 6.07 Å². The summed E-state index contributed by atoms with van der Waals surface area (Å²) in [7, 11) is 3.01. The van der Waals surface area contributed by atoms with Crippen LogP contribution in [0, 0.1) is 5.92 Å². The minimum absolute atomic E-state index is 0.160. The Bertz CT molecular complexity index is 1170. The van der Waals surface area contributed by atoms with Crippen molar-refractivity contribution in [1.29, 1.82) is 0 Å². The molecule has 0 radical (unpaired) electrons. The van der Waals surface area contributed by atoms with Crippen LogP contribution in [0.15, 0.2) is 35.3 Å². The zero-order chi connectivity index (χ0) is 22.0. The Kier molecular flexibility index (Phi) is 6.03. The number of methoxy groups -OCH3 is 2. The summed E-state index contributed by atoms with van der Waals surface area (Å²) in [6.45, 7) is 1.97. The molecule has 9 nitrogen and oxygen atoms in total. The highest BCUT2D eigenvalue weighted by Gasteiger charge is 2.30. The Hall–Kier alpha value is -3.20. The van der Waals surface area contributed by atoms with Crippen LogP contribution in [0.3, 0.4) is 0 Å². The van der Waals surface area contributed by atoms with Crippen LogP contribution in [0.2, 0.25) is 0 Å². The zero-order valence-corrected chi connectivity index (χ0v) is 17.7. The highest BCUT2D eigenvalue weighted by Crippen LogP contribution is 2.23. The Morgan fingerprint density at radius 3 is 2.68 bits per heavy atom. The average molecular weight is 426 g/mol. The Balaban J connectivity index is 1.72. The SMILES string of the molecule is COCCCn1c(C(=O)N2CCC(C(=O)OC)CC2)cc2c(=O)n3ccccc3nc21. The van der Waals surface area contributed by atoms with Crippen LogP contribution in [0.25, 0.3) is 16.7 Å². The largest absolute Gasteiger partial charge is 0.469 e. The van der Waals surface area contributed by atoms with Gasteiger partial charge in [-0.25, -0.2) is 4.98 Å². The number of piperidine rings is 1. The molecule has 0 aliphatic carbocycles. The van der Waals surface area contributed by atoms with Crippen LogP contribution in [0.1, 0.15) is 29.8 Å². The van der Waals surface area contributed by atoms with Crippen molar-refractivity contribution in [3.8, 4) is 0 Å². The van der Waals surface area contributed by atoms with Gasteiger partial charge in [0.1, 0.15) is 17.0 Å². The van der Waals surface area contributed by atoms with E-state index < -0.39 is 0 Å². The van der Waals surface area contributed by atoms with Crippen molar-refractivity contribution < 1.29 is 19.1 Å². The van der Waals surface area contributed by atoms with Crippen molar-refractivity contribution in [3.05, 3.63) is 46.5 Å². The second-order valence-electron chi connectivity index (χ2n) is 7.70. The molecule has 0 atom stereocenters. The van der Waals surface area contributed by atoms with E-state index in [1.165, 1.54) is 11.5 Å². The predicted octanol–water partition coefficient (Wildman–Crippen LogP) is 1.71. The lowest BCUT2D eigenvalue weighted by atomic mass is 9.97. The van der Waals surface area contributed by atoms with E-state index in [0.29, 0.717) is 67.9 Å². The van der Waals surface area contributed by atoms with E-state index in [2.05, 4.69) is 4.98 Å². The fourth-order valence-corrected chi connectivity index (χ4v) is 4.17. The average Bonchev–Trinajstić information content (AvgIpc) is 3.17. The van der Waals surface area contributed by atoms with E-state index in [4.69, 9.17) is 9.47 Å². The third-order valence-electron chi connectivity index (χ3n) is 5.84. The van der Waals surface area contributed by atoms with Crippen molar-refractivity contribution >= 4 is 28.6 Å². The molecule has 1 aliphatic rings. The summed E-state index contributed by atoms with van der Waals surface area (Å²) < 4.78 is 13.3. The van der Waals surface area contributed by atoms with Crippen LogP contribution in [0.5, 0.6) is 0 Å². The maximum absolute atomic E-state index is 13.4. The van der Waals surface area contributed by atoms with Gasteiger partial charge >= 0.3 is 5.97 Å². The number of hydrogen-bond donors (Lipinski definition) is 0. The normalized spacial score (nSPS) is 15.0. The maximum Gasteiger partial charge on any atom is 0.308 e. The number of carbonyl (C=O) groups is 2. The van der Waals surface area contributed by atoms with E-state index in [0.717, 1.165) is 0 Å². The first-order valence-corrected chi connectivity index (χ1v) is 10.4. The number of aromatic nitrogens is 3. The third kappa shape index (κ3) is 3.93. The molecule has 3 aromatic heterocycles. The fraction of sp³-hybridized carbons (Fsp3) is 0.455. The van der Waals surface area contributed by atoms with Crippen LogP contribution in [-0.2, 0) is 20.8 Å². The highest BCUT2D eigenvalue weighted by molar-refractivity contribution is 5.98. The lowest BCUT2D eigenvalue weighted by Gasteiger charge is -2.30. The smallest absolute Gasteiger partial charge is 0.308 e. The Labute approximate surface area is 179 Å². The molecule has 9 heteroatoms. The number of carbonyl (C=O) groups excluding carboxylic acids is 2. The number of rotatable bonds is 6. The predicted molar refractivity (Wildman–Crippen MR) is 114 cm³/mol. The van der Waals surface area contributed by atoms with Crippen molar-refractivity contribution in [2.75, 3.05) is 33.9 Å². The van der Waals surface area contributed by atoms with E-state index in [9.17, 15) is 14.4 Å². The minimum atomic E-state index is -0.232. The summed E-state index contributed by atoms with van der Waals surface area (Å²) >= 11 is 0. The number of aryl methyl sites for hydroxylation is 1. The molecule has 0 bridgehead atoms. The second-order valence-corrected chi connectivity index (χ2v) is 7.70. The van der Waals surface area contributed by atoms with Crippen LogP contribution in [-0.4, -0.2) is 64.6 Å². The van der Waals surface area contributed by atoms with Crippen molar-refractivity contribution in [2.45, 2.75) is 25.8 Å². The summed E-state index contributed by atoms with van der Waals surface area (Å²) in [5.41, 5.74) is 1.26. The van der Waals surface area contributed by atoms with Gasteiger partial charge in [-0.3, -0.25) is 18.8 Å². The number of hydrogen-bond acceptors (Lipinski definition) is 6. The minimum Gasteiger partial charge on any atom is -0.469 e. The molecule has 4 heterocycles. The summed E-state index contributed by atoms with van der Waals surface area (Å²) in [4.78, 5) is 44.6. The summed E-state index contributed by atoms with van der Waals surface area (Å²) in [5, 5.41) is 0.411. The molecule has 0 unspecified atom stereocenters. The van der Waals surface area contributed by atoms with Gasteiger partial charge in [0.25, 0.3) is 11.5 Å². The first-order valence-electron chi connectivity index (χ1n) is 10.4. The van der Waals surface area contributed by atoms with E-state index >= 15 is 0 Å². The number of fused-ring (bicyclic) bond motifs is 2. The van der Waals surface area contributed by atoms with Gasteiger partial charge in [0.05, 0.1) is 18.4 Å². The van der Waals surface area contributed by atoms with Gasteiger partial charge in [0.15, 0.2) is 0 Å². The van der Waals surface area contributed by atoms with Crippen molar-refractivity contribution in [1.82, 2.24) is 18.9 Å². The molecule has 0 N–H and O–H groups in total. The van der Waals surface area contributed by atoms with Crippen molar-refractivity contribution in [2.24, 2.45) is 5.92 Å². The van der Waals surface area contributed by atoms with Crippen LogP contribution in [0.4, 0.5) is 0 Å². The molecule has 0 spiro atoms. The topological polar surface area (TPSA) is 95.1 Å². The fourth-order valence-electron chi connectivity index (χ4n) is 4.17. The van der Waals surface area contributed by atoms with Gasteiger partial charge < -0.3 is 18.9 Å². The molecule has 3 aromatic rings. The lowest BCUT2D eigenvalue weighted by Crippen LogP contribution is -2.41. The number of amides is 1. The molecule has 0 saturated carbocycles. The van der Waals surface area contributed by atoms with E-state index in [1.807, 2.05) is 10.6 Å². The van der Waals surface area contributed by atoms with E-state index in [-0.39, 0.29) is 23.4 Å². The molecule has 31 heavy (non-hydrogen) atoms. The number of esters is 1. The molecule has 1 fully saturated rings. The number of pyridine rings is 1. The first-order chi connectivity index (χ1) is 15.0. The summed E-state index contributed by atoms with van der Waals surface area (Å²) in [6, 6.07) is 7.01. The van der Waals surface area contributed by atoms with E-state index in [1.54, 1.807) is 36.4 Å². The lowest BCUT2D eigenvalue weighted by molar-refractivity contribution is -0.146. The third-order valence-corrected chi connectivity index (χ3v) is 5.84. The Morgan fingerprint density at radius 2 is 1.97 bits per heavy atom. The van der Waals surface area contributed by atoms with Gasteiger partial charge in [-0.05, 0) is 37.5 Å². The first kappa shape index (κ1) is 21.0. The zero-order valence-electron chi connectivity index (χ0n) is 17.7. The summed E-state index contributed by atoms with van der Waals surface area (Å²) in [6.07, 6.45) is 3.48. The number of likely N-dealkylation sites (tertiary alicyclic amines) is 1. The number of ether oxygens (including phenoxy) is 2. The summed E-state index contributed by atoms with van der Waals surface area (Å²) in [5.74, 6) is -0.574. The molecule has 4 rings (SSSR count). The standard InChI is InChI=1S/C22H26N4O5/c1-30-13-5-10-25-17(21(28)24-11-7-15(8-12-24)22(29)31-2)14-16-19(25)23-18-6-3-4-9-26(18)20(16)27/h3-4,6,9,14-15H,5,7-8,10-13H2,1-2H3. The number of nitrogens with zero attached hydrogens (tertiary/aromatic N) is 4. The molecule has 164 valence electrons. The molecule has 1 aliphatic heterocycles. The monoisotopic (exact) mass is 426 g/mol. The van der Waals surface area contributed by atoms with Crippen LogP contribution >= 0.6 is 0 Å². The van der Waals surface area contributed by atoms with Gasteiger partial charge in [-0.15, -0.1) is 0 Å². The maximum atomic E-state index is 13.4. The van der Waals surface area contributed by atoms with Crippen molar-refractivity contribution in [3.63, 3.8) is 0 Å². The van der Waals surface area contributed by atoms with Crippen LogP contribution < -0.4 is 5.56 Å². The molecular weight excluding hydrogens is 400 g/mol.